The highest BCUT2D eigenvalue weighted by atomic mass is 32.2. The molecule has 0 aromatic heterocycles. The van der Waals surface area contributed by atoms with Crippen molar-refractivity contribution >= 4 is 15.7 Å². The highest BCUT2D eigenvalue weighted by Gasteiger charge is 2.13. The Morgan fingerprint density at radius 2 is 1.88 bits per heavy atom. The maximum atomic E-state index is 12.2. The van der Waals surface area contributed by atoms with E-state index in [2.05, 4.69) is 16.6 Å². The van der Waals surface area contributed by atoms with Gasteiger partial charge in [-0.2, -0.15) is 4.72 Å². The molecule has 24 heavy (non-hydrogen) atoms. The second-order valence-electron chi connectivity index (χ2n) is 5.22. The van der Waals surface area contributed by atoms with Gasteiger partial charge in [-0.1, -0.05) is 30.0 Å². The molecule has 0 unspecified atom stereocenters. The van der Waals surface area contributed by atoms with E-state index in [0.717, 1.165) is 11.3 Å². The van der Waals surface area contributed by atoms with Crippen molar-refractivity contribution in [3.8, 4) is 17.6 Å². The third-order valence-electron chi connectivity index (χ3n) is 3.31. The van der Waals surface area contributed by atoms with Gasteiger partial charge < -0.3 is 9.64 Å². The average Bonchev–Trinajstić information content (AvgIpc) is 2.59. The van der Waals surface area contributed by atoms with Crippen molar-refractivity contribution < 1.29 is 13.2 Å². The molecule has 0 atom stereocenters. The summed E-state index contributed by atoms with van der Waals surface area (Å²) in [4.78, 5) is 2.11. The standard InChI is InChI=1S/C18H20N2O3S/c1-20(2)18-12-5-4-8-15(18)9-7-13-19-24(21,22)17-11-6-10-16(14-17)23-3/h4-6,8,10-12,14,19H,13H2,1-3H3. The first-order valence-corrected chi connectivity index (χ1v) is 8.81. The normalized spacial score (nSPS) is 10.6. The van der Waals surface area contributed by atoms with Crippen molar-refractivity contribution in [3.63, 3.8) is 0 Å². The van der Waals surface area contributed by atoms with Crippen molar-refractivity contribution in [1.29, 1.82) is 0 Å². The van der Waals surface area contributed by atoms with Crippen LogP contribution in [0, 0.1) is 11.8 Å². The Balaban J connectivity index is 2.09. The summed E-state index contributed by atoms with van der Waals surface area (Å²) in [6.45, 7) is 0.0291. The Morgan fingerprint density at radius 1 is 1.12 bits per heavy atom. The Hall–Kier alpha value is -2.49. The third kappa shape index (κ3) is 4.51. The van der Waals surface area contributed by atoms with E-state index >= 15 is 0 Å². The molecule has 2 rings (SSSR count). The van der Waals surface area contributed by atoms with E-state index in [-0.39, 0.29) is 11.4 Å². The predicted octanol–water partition coefficient (Wildman–Crippen LogP) is 2.09. The number of para-hydroxylation sites is 1. The van der Waals surface area contributed by atoms with Crippen LogP contribution in [-0.2, 0) is 10.0 Å². The summed E-state index contributed by atoms with van der Waals surface area (Å²) in [6, 6.07) is 14.0. The van der Waals surface area contributed by atoms with Crippen LogP contribution in [-0.4, -0.2) is 36.2 Å². The number of nitrogens with zero attached hydrogens (tertiary/aromatic N) is 1. The number of nitrogens with one attached hydrogen (secondary N) is 1. The van der Waals surface area contributed by atoms with Crippen LogP contribution in [0.4, 0.5) is 5.69 Å². The first-order chi connectivity index (χ1) is 11.4. The summed E-state index contributed by atoms with van der Waals surface area (Å²) in [5.41, 5.74) is 1.84. The molecular weight excluding hydrogens is 324 g/mol. The maximum Gasteiger partial charge on any atom is 0.241 e. The van der Waals surface area contributed by atoms with Gasteiger partial charge in [0.25, 0.3) is 0 Å². The molecule has 0 spiro atoms. The number of sulfonamides is 1. The summed E-state index contributed by atoms with van der Waals surface area (Å²) in [5, 5.41) is 0. The number of rotatable bonds is 5. The smallest absolute Gasteiger partial charge is 0.241 e. The monoisotopic (exact) mass is 344 g/mol. The summed E-state index contributed by atoms with van der Waals surface area (Å²) >= 11 is 0. The first-order valence-electron chi connectivity index (χ1n) is 7.33. The largest absolute Gasteiger partial charge is 0.497 e. The van der Waals surface area contributed by atoms with Crippen LogP contribution >= 0.6 is 0 Å². The quantitative estimate of drug-likeness (QED) is 0.844. The van der Waals surface area contributed by atoms with Crippen LogP contribution in [0.15, 0.2) is 53.4 Å². The van der Waals surface area contributed by atoms with E-state index in [9.17, 15) is 8.42 Å². The molecule has 6 heteroatoms. The molecule has 0 saturated carbocycles. The van der Waals surface area contributed by atoms with E-state index in [1.54, 1.807) is 12.1 Å². The fraction of sp³-hybridized carbons (Fsp3) is 0.222. The van der Waals surface area contributed by atoms with Crippen LogP contribution in [0.5, 0.6) is 5.75 Å². The fourth-order valence-corrected chi connectivity index (χ4v) is 3.05. The molecule has 0 bridgehead atoms. The summed E-state index contributed by atoms with van der Waals surface area (Å²) in [5.74, 6) is 6.34. The topological polar surface area (TPSA) is 58.6 Å². The number of methoxy groups -OCH3 is 1. The SMILES string of the molecule is COc1cccc(S(=O)(=O)NCC#Cc2ccccc2N(C)C)c1. The van der Waals surface area contributed by atoms with Gasteiger partial charge in [0, 0.05) is 25.7 Å². The summed E-state index contributed by atoms with van der Waals surface area (Å²) < 4.78 is 32.0. The Labute approximate surface area is 143 Å². The van der Waals surface area contributed by atoms with E-state index in [4.69, 9.17) is 4.74 Å². The van der Waals surface area contributed by atoms with E-state index in [1.807, 2.05) is 43.3 Å². The molecule has 0 radical (unpaired) electrons. The minimum atomic E-state index is -3.62. The van der Waals surface area contributed by atoms with Crippen molar-refractivity contribution in [2.45, 2.75) is 4.90 Å². The maximum absolute atomic E-state index is 12.2. The minimum Gasteiger partial charge on any atom is -0.497 e. The zero-order valence-electron chi connectivity index (χ0n) is 13.9. The van der Waals surface area contributed by atoms with Crippen LogP contribution in [0.25, 0.3) is 0 Å². The molecule has 0 fully saturated rings. The average molecular weight is 344 g/mol. The highest BCUT2D eigenvalue weighted by molar-refractivity contribution is 7.89. The van der Waals surface area contributed by atoms with Crippen LogP contribution in [0.2, 0.25) is 0 Å². The predicted molar refractivity (Wildman–Crippen MR) is 95.8 cm³/mol. The van der Waals surface area contributed by atoms with Gasteiger partial charge in [-0.05, 0) is 24.3 Å². The second-order valence-corrected chi connectivity index (χ2v) is 6.98. The number of ether oxygens (including phenoxy) is 1. The molecule has 0 aliphatic heterocycles. The van der Waals surface area contributed by atoms with E-state index in [1.165, 1.54) is 19.2 Å². The van der Waals surface area contributed by atoms with Crippen molar-refractivity contribution in [3.05, 3.63) is 54.1 Å². The van der Waals surface area contributed by atoms with Gasteiger partial charge in [0.1, 0.15) is 5.75 Å². The van der Waals surface area contributed by atoms with Crippen molar-refractivity contribution in [2.75, 3.05) is 32.6 Å². The van der Waals surface area contributed by atoms with Crippen LogP contribution in [0.1, 0.15) is 5.56 Å². The van der Waals surface area contributed by atoms with Gasteiger partial charge in [-0.3, -0.25) is 0 Å². The molecular formula is C18H20N2O3S. The Morgan fingerprint density at radius 3 is 2.58 bits per heavy atom. The molecule has 126 valence electrons. The summed E-state index contributed by atoms with van der Waals surface area (Å²) in [7, 11) is 1.75. The molecule has 1 N–H and O–H groups in total. The molecule has 0 heterocycles. The number of hydrogen-bond acceptors (Lipinski definition) is 4. The number of benzene rings is 2. The zero-order valence-corrected chi connectivity index (χ0v) is 14.7. The van der Waals surface area contributed by atoms with Gasteiger partial charge in [0.05, 0.1) is 24.2 Å². The van der Waals surface area contributed by atoms with Crippen molar-refractivity contribution in [1.82, 2.24) is 4.72 Å². The van der Waals surface area contributed by atoms with Gasteiger partial charge in [-0.15, -0.1) is 0 Å². The van der Waals surface area contributed by atoms with Gasteiger partial charge >= 0.3 is 0 Å². The number of anilines is 1. The minimum absolute atomic E-state index is 0.0291. The lowest BCUT2D eigenvalue weighted by Gasteiger charge is -2.13. The third-order valence-corrected chi connectivity index (χ3v) is 4.71. The highest BCUT2D eigenvalue weighted by Crippen LogP contribution is 2.17. The fourth-order valence-electron chi connectivity index (χ4n) is 2.09. The molecule has 0 aliphatic rings. The zero-order chi connectivity index (χ0) is 17.6. The second kappa shape index (κ2) is 7.86. The molecule has 2 aromatic carbocycles. The van der Waals surface area contributed by atoms with Gasteiger partial charge in [-0.25, -0.2) is 8.42 Å². The van der Waals surface area contributed by atoms with E-state index in [0.29, 0.717) is 5.75 Å². The lowest BCUT2D eigenvalue weighted by Crippen LogP contribution is -2.24. The van der Waals surface area contributed by atoms with E-state index < -0.39 is 10.0 Å². The van der Waals surface area contributed by atoms with Crippen LogP contribution in [0.3, 0.4) is 0 Å². The van der Waals surface area contributed by atoms with Crippen molar-refractivity contribution in [2.24, 2.45) is 0 Å². The lowest BCUT2D eigenvalue weighted by atomic mass is 10.1. The molecule has 5 nitrogen and oxygen atoms in total. The first kappa shape index (κ1) is 17.9. The molecule has 0 aliphatic carbocycles. The molecule has 0 amide bonds. The Kier molecular flexibility index (Phi) is 5.85. The lowest BCUT2D eigenvalue weighted by molar-refractivity contribution is 0.413. The van der Waals surface area contributed by atoms with Gasteiger partial charge in [0.15, 0.2) is 0 Å². The Bertz CT molecular complexity index is 865. The van der Waals surface area contributed by atoms with Crippen LogP contribution < -0.4 is 14.4 Å². The number of hydrogen-bond donors (Lipinski definition) is 1. The molecule has 0 saturated heterocycles. The summed E-state index contributed by atoms with van der Waals surface area (Å²) in [6.07, 6.45) is 0. The molecule has 2 aromatic rings. The van der Waals surface area contributed by atoms with Gasteiger partial charge in [0.2, 0.25) is 10.0 Å².